The van der Waals surface area contributed by atoms with Crippen LogP contribution < -0.4 is 14.8 Å². The topological polar surface area (TPSA) is 128 Å². The molecule has 0 aliphatic carbocycles. The molecule has 0 atom stereocenters. The quantitative estimate of drug-likeness (QED) is 0.472. The maximum absolute atomic E-state index is 13.0. The molecule has 1 saturated heterocycles. The molecule has 1 N–H and O–H groups in total. The Morgan fingerprint density at radius 1 is 1.12 bits per heavy atom. The van der Waals surface area contributed by atoms with Crippen LogP contribution in [0.3, 0.4) is 0 Å². The molecule has 0 saturated carbocycles. The third-order valence-corrected chi connectivity index (χ3v) is 7.60. The molecular weight excluding hydrogens is 462 g/mol. The van der Waals surface area contributed by atoms with E-state index in [2.05, 4.69) is 5.32 Å². The van der Waals surface area contributed by atoms with Crippen molar-refractivity contribution in [2.45, 2.75) is 17.7 Å². The number of hydrogen-bond donors (Lipinski definition) is 1. The monoisotopic (exact) mass is 483 g/mol. The van der Waals surface area contributed by atoms with Gasteiger partial charge >= 0.3 is 0 Å². The Morgan fingerprint density at radius 3 is 2.38 bits per heavy atom. The Kier molecular flexibility index (Phi) is 7.22. The lowest BCUT2D eigenvalue weighted by atomic mass is 9.97. The SMILES string of the molecule is COc1ccc(NC(=O)C2CCN(S(=O)(=O)c3cc([N+](=O)[O-])ccc3Cl)CC2)cc1OC. The summed E-state index contributed by atoms with van der Waals surface area (Å²) in [6, 6.07) is 8.28. The predicted molar refractivity (Wildman–Crippen MR) is 118 cm³/mol. The van der Waals surface area contributed by atoms with Gasteiger partial charge in [0.15, 0.2) is 11.5 Å². The number of carbonyl (C=O) groups excluding carboxylic acids is 1. The lowest BCUT2D eigenvalue weighted by molar-refractivity contribution is -0.385. The van der Waals surface area contributed by atoms with Crippen molar-refractivity contribution < 1.29 is 27.6 Å². The van der Waals surface area contributed by atoms with Crippen molar-refractivity contribution >= 4 is 38.9 Å². The van der Waals surface area contributed by atoms with E-state index in [-0.39, 0.29) is 34.6 Å². The van der Waals surface area contributed by atoms with Gasteiger partial charge in [-0.3, -0.25) is 14.9 Å². The Balaban J connectivity index is 1.68. The molecule has 1 amide bonds. The number of carbonyl (C=O) groups is 1. The molecule has 10 nitrogen and oxygen atoms in total. The van der Waals surface area contributed by atoms with E-state index in [0.717, 1.165) is 12.1 Å². The van der Waals surface area contributed by atoms with E-state index in [0.29, 0.717) is 30.0 Å². The molecule has 3 rings (SSSR count). The average Bonchev–Trinajstić information content (AvgIpc) is 2.79. The maximum atomic E-state index is 13.0. The van der Waals surface area contributed by atoms with Gasteiger partial charge in [0.2, 0.25) is 15.9 Å². The van der Waals surface area contributed by atoms with Crippen LogP contribution in [0, 0.1) is 16.0 Å². The Labute approximate surface area is 190 Å². The second-order valence-corrected chi connectivity index (χ2v) is 9.42. The zero-order valence-corrected chi connectivity index (χ0v) is 19.0. The molecule has 0 bridgehead atoms. The smallest absolute Gasteiger partial charge is 0.270 e. The van der Waals surface area contributed by atoms with Crippen LogP contribution in [0.25, 0.3) is 0 Å². The van der Waals surface area contributed by atoms with Gasteiger partial charge in [-0.25, -0.2) is 8.42 Å². The number of nitrogens with one attached hydrogen (secondary N) is 1. The number of sulfonamides is 1. The van der Waals surface area contributed by atoms with Crippen LogP contribution in [0.4, 0.5) is 11.4 Å². The first-order chi connectivity index (χ1) is 15.2. The normalized spacial score (nSPS) is 15.2. The number of amides is 1. The van der Waals surface area contributed by atoms with Crippen LogP contribution in [0.2, 0.25) is 5.02 Å². The fourth-order valence-corrected chi connectivity index (χ4v) is 5.42. The zero-order chi connectivity index (χ0) is 23.5. The average molecular weight is 484 g/mol. The van der Waals surface area contributed by atoms with Gasteiger partial charge < -0.3 is 14.8 Å². The molecule has 0 spiro atoms. The number of non-ortho nitro benzene ring substituents is 1. The molecule has 0 unspecified atom stereocenters. The van der Waals surface area contributed by atoms with Crippen LogP contribution in [0.5, 0.6) is 11.5 Å². The van der Waals surface area contributed by atoms with Crippen LogP contribution in [-0.4, -0.2) is 50.9 Å². The van der Waals surface area contributed by atoms with Crippen molar-refractivity contribution in [3.8, 4) is 11.5 Å². The minimum Gasteiger partial charge on any atom is -0.493 e. The van der Waals surface area contributed by atoms with Gasteiger partial charge in [0.05, 0.1) is 24.2 Å². The van der Waals surface area contributed by atoms with Crippen molar-refractivity contribution in [2.24, 2.45) is 5.92 Å². The number of benzene rings is 2. The van der Waals surface area contributed by atoms with E-state index in [9.17, 15) is 23.3 Å². The molecule has 1 heterocycles. The highest BCUT2D eigenvalue weighted by Crippen LogP contribution is 2.32. The second kappa shape index (κ2) is 9.72. The predicted octanol–water partition coefficient (Wildman–Crippen LogP) is 3.30. The molecule has 32 heavy (non-hydrogen) atoms. The summed E-state index contributed by atoms with van der Waals surface area (Å²) in [5.41, 5.74) is 0.170. The zero-order valence-electron chi connectivity index (χ0n) is 17.4. The summed E-state index contributed by atoms with van der Waals surface area (Å²) in [5.74, 6) is 0.377. The van der Waals surface area contributed by atoms with E-state index in [1.807, 2.05) is 0 Å². The summed E-state index contributed by atoms with van der Waals surface area (Å²) in [6.07, 6.45) is 0.593. The Hall–Kier alpha value is -2.89. The summed E-state index contributed by atoms with van der Waals surface area (Å²) in [5, 5.41) is 13.7. The van der Waals surface area contributed by atoms with Gasteiger partial charge in [-0.15, -0.1) is 0 Å². The number of anilines is 1. The van der Waals surface area contributed by atoms with Crippen LogP contribution in [-0.2, 0) is 14.8 Å². The molecule has 1 aliphatic rings. The fourth-order valence-electron chi connectivity index (χ4n) is 3.46. The maximum Gasteiger partial charge on any atom is 0.270 e. The minimum absolute atomic E-state index is 0.0887. The van der Waals surface area contributed by atoms with Gasteiger partial charge in [-0.1, -0.05) is 11.6 Å². The minimum atomic E-state index is -4.04. The summed E-state index contributed by atoms with van der Waals surface area (Å²) < 4.78 is 37.5. The third kappa shape index (κ3) is 4.95. The fraction of sp³-hybridized carbons (Fsp3) is 0.350. The molecule has 1 aliphatic heterocycles. The Morgan fingerprint density at radius 2 is 1.78 bits per heavy atom. The second-order valence-electron chi connectivity index (χ2n) is 7.11. The standard InChI is InChI=1S/C20H22ClN3O7S/c1-30-17-6-3-14(11-18(17)31-2)22-20(25)13-7-9-23(10-8-13)32(28,29)19-12-15(24(26)27)4-5-16(19)21/h3-6,11-13H,7-10H2,1-2H3,(H,22,25). The highest BCUT2D eigenvalue weighted by atomic mass is 35.5. The van der Waals surface area contributed by atoms with Crippen LogP contribution in [0.1, 0.15) is 12.8 Å². The molecule has 0 aromatic heterocycles. The van der Waals surface area contributed by atoms with Crippen LogP contribution in [0.15, 0.2) is 41.3 Å². The largest absolute Gasteiger partial charge is 0.493 e. The summed E-state index contributed by atoms with van der Waals surface area (Å²) in [7, 11) is -1.03. The molecule has 2 aromatic rings. The number of hydrogen-bond acceptors (Lipinski definition) is 7. The van der Waals surface area contributed by atoms with Gasteiger partial charge in [-0.05, 0) is 31.0 Å². The molecule has 1 fully saturated rings. The van der Waals surface area contributed by atoms with E-state index >= 15 is 0 Å². The van der Waals surface area contributed by atoms with E-state index < -0.39 is 20.9 Å². The number of rotatable bonds is 7. The number of halogens is 1. The van der Waals surface area contributed by atoms with Gasteiger partial charge in [0.25, 0.3) is 5.69 Å². The first kappa shape index (κ1) is 23.8. The number of methoxy groups -OCH3 is 2. The van der Waals surface area contributed by atoms with Gasteiger partial charge in [0, 0.05) is 42.9 Å². The number of nitro benzene ring substituents is 1. The van der Waals surface area contributed by atoms with Crippen molar-refractivity contribution in [1.82, 2.24) is 4.31 Å². The summed E-state index contributed by atoms with van der Waals surface area (Å²) in [4.78, 5) is 22.7. The van der Waals surface area contributed by atoms with Crippen molar-refractivity contribution in [2.75, 3.05) is 32.6 Å². The highest BCUT2D eigenvalue weighted by Gasteiger charge is 2.34. The lowest BCUT2D eigenvalue weighted by Gasteiger charge is -2.30. The first-order valence-corrected chi connectivity index (χ1v) is 11.5. The van der Waals surface area contributed by atoms with Crippen molar-refractivity contribution in [3.05, 3.63) is 51.5 Å². The highest BCUT2D eigenvalue weighted by molar-refractivity contribution is 7.89. The van der Waals surface area contributed by atoms with E-state index in [1.54, 1.807) is 18.2 Å². The molecule has 2 aromatic carbocycles. The number of nitro groups is 1. The lowest BCUT2D eigenvalue weighted by Crippen LogP contribution is -2.41. The number of ether oxygens (including phenoxy) is 2. The van der Waals surface area contributed by atoms with Crippen molar-refractivity contribution in [1.29, 1.82) is 0 Å². The summed E-state index contributed by atoms with van der Waals surface area (Å²) in [6.45, 7) is 0.177. The third-order valence-electron chi connectivity index (χ3n) is 5.22. The van der Waals surface area contributed by atoms with Gasteiger partial charge in [-0.2, -0.15) is 4.31 Å². The first-order valence-electron chi connectivity index (χ1n) is 9.64. The number of piperidine rings is 1. The Bertz CT molecular complexity index is 1130. The molecule has 12 heteroatoms. The summed E-state index contributed by atoms with van der Waals surface area (Å²) >= 11 is 6.01. The van der Waals surface area contributed by atoms with E-state index in [4.69, 9.17) is 21.1 Å². The van der Waals surface area contributed by atoms with E-state index in [1.165, 1.54) is 24.6 Å². The van der Waals surface area contributed by atoms with Crippen molar-refractivity contribution in [3.63, 3.8) is 0 Å². The number of nitrogens with zero attached hydrogens (tertiary/aromatic N) is 2. The molecule has 0 radical (unpaired) electrons. The van der Waals surface area contributed by atoms with Gasteiger partial charge in [0.1, 0.15) is 4.90 Å². The molecule has 172 valence electrons. The van der Waals surface area contributed by atoms with Crippen LogP contribution >= 0.6 is 11.6 Å². The molecular formula is C20H22ClN3O7S.